The summed E-state index contributed by atoms with van der Waals surface area (Å²) in [7, 11) is 0. The number of aromatic nitrogens is 1. The van der Waals surface area contributed by atoms with Gasteiger partial charge in [0.05, 0.1) is 5.69 Å². The topological polar surface area (TPSA) is 42.2 Å². The van der Waals surface area contributed by atoms with Crippen LogP contribution in [0.25, 0.3) is 0 Å². The van der Waals surface area contributed by atoms with Crippen LogP contribution < -0.4 is 10.6 Å². The molecule has 0 saturated heterocycles. The van der Waals surface area contributed by atoms with Gasteiger partial charge in [-0.05, 0) is 33.1 Å². The minimum Gasteiger partial charge on any atom is -0.346 e. The van der Waals surface area contributed by atoms with E-state index in [0.717, 1.165) is 13.0 Å². The summed E-state index contributed by atoms with van der Waals surface area (Å²) in [6, 6.07) is 0.559. The van der Waals surface area contributed by atoms with E-state index in [9.17, 15) is 0 Å². The minimum absolute atomic E-state index is 0.559. The largest absolute Gasteiger partial charge is 0.346 e. The maximum atomic E-state index is 5.83. The lowest BCUT2D eigenvalue weighted by molar-refractivity contribution is 0.627. The molecule has 96 valence electrons. The van der Waals surface area contributed by atoms with Gasteiger partial charge in [-0.15, -0.1) is 11.3 Å². The normalized spacial score (nSPS) is 17.2. The third-order valence-corrected chi connectivity index (χ3v) is 4.71. The first-order valence-corrected chi connectivity index (χ1v) is 7.49. The predicted molar refractivity (Wildman–Crippen MR) is 74.8 cm³/mol. The number of nitrogens with two attached hydrogens (primary N) is 1. The molecule has 0 amide bonds. The van der Waals surface area contributed by atoms with Crippen molar-refractivity contribution in [1.29, 1.82) is 0 Å². The van der Waals surface area contributed by atoms with E-state index in [4.69, 9.17) is 10.7 Å². The molecule has 4 heteroatoms. The van der Waals surface area contributed by atoms with Crippen molar-refractivity contribution in [2.24, 2.45) is 5.73 Å². The first-order chi connectivity index (χ1) is 8.21. The molecule has 0 aromatic carbocycles. The Hall–Kier alpha value is -0.610. The summed E-state index contributed by atoms with van der Waals surface area (Å²) < 4.78 is 0. The second kappa shape index (κ2) is 5.36. The van der Waals surface area contributed by atoms with Crippen molar-refractivity contribution >= 4 is 16.5 Å². The fraction of sp³-hybridized carbons (Fsp3) is 0.769. The van der Waals surface area contributed by atoms with Crippen LogP contribution in [-0.2, 0) is 6.54 Å². The summed E-state index contributed by atoms with van der Waals surface area (Å²) in [5, 5.41) is 1.17. The molecule has 1 saturated carbocycles. The summed E-state index contributed by atoms with van der Waals surface area (Å²) in [4.78, 5) is 8.54. The number of nitrogens with zero attached hydrogens (tertiary/aromatic N) is 2. The molecule has 3 nitrogen and oxygen atoms in total. The monoisotopic (exact) mass is 253 g/mol. The average Bonchev–Trinajstić information content (AvgIpc) is 3.11. The van der Waals surface area contributed by atoms with Crippen molar-refractivity contribution in [3.63, 3.8) is 0 Å². The Morgan fingerprint density at radius 3 is 2.65 bits per heavy atom. The third-order valence-electron chi connectivity index (χ3n) is 3.57. The van der Waals surface area contributed by atoms with Gasteiger partial charge >= 0.3 is 0 Å². The van der Waals surface area contributed by atoms with Crippen LogP contribution in [0.2, 0.25) is 0 Å². The van der Waals surface area contributed by atoms with Crippen LogP contribution >= 0.6 is 11.3 Å². The molecule has 1 unspecified atom stereocenters. The zero-order chi connectivity index (χ0) is 12.4. The average molecular weight is 253 g/mol. The molecule has 1 aliphatic rings. The molecule has 0 spiro atoms. The highest BCUT2D eigenvalue weighted by Crippen LogP contribution is 2.44. The molecule has 1 aliphatic carbocycles. The number of hydrogen-bond acceptors (Lipinski definition) is 4. The Kier molecular flexibility index (Phi) is 4.05. The Morgan fingerprint density at radius 1 is 1.47 bits per heavy atom. The molecule has 0 radical (unpaired) electrons. The van der Waals surface area contributed by atoms with E-state index in [1.54, 1.807) is 11.3 Å². The Labute approximate surface area is 108 Å². The van der Waals surface area contributed by atoms with E-state index in [2.05, 4.69) is 25.7 Å². The molecule has 2 rings (SSSR count). The lowest BCUT2D eigenvalue weighted by atomic mass is 10.2. The van der Waals surface area contributed by atoms with Crippen LogP contribution in [0.4, 0.5) is 5.13 Å². The Balaban J connectivity index is 2.24. The van der Waals surface area contributed by atoms with Gasteiger partial charge in [-0.3, -0.25) is 0 Å². The van der Waals surface area contributed by atoms with Crippen LogP contribution in [-0.4, -0.2) is 17.6 Å². The van der Waals surface area contributed by atoms with Crippen molar-refractivity contribution in [1.82, 2.24) is 4.98 Å². The Bertz CT molecular complexity index is 371. The number of hydrogen-bond donors (Lipinski definition) is 1. The van der Waals surface area contributed by atoms with E-state index in [1.165, 1.54) is 28.5 Å². The fourth-order valence-corrected chi connectivity index (χ4v) is 3.34. The van der Waals surface area contributed by atoms with Crippen LogP contribution in [0, 0.1) is 0 Å². The standard InChI is InChI=1S/C13H23N3S/c1-4-9(3)16(5-2)13-15-12(10-6-7-10)11(8-14)17-13/h9-10H,4-8,14H2,1-3H3. The second-order valence-electron chi connectivity index (χ2n) is 4.83. The van der Waals surface area contributed by atoms with E-state index in [1.807, 2.05) is 0 Å². The SMILES string of the molecule is CCC(C)N(CC)c1nc(C2CC2)c(CN)s1. The maximum absolute atomic E-state index is 5.83. The summed E-state index contributed by atoms with van der Waals surface area (Å²) in [6.45, 7) is 8.36. The van der Waals surface area contributed by atoms with Gasteiger partial charge in [0.15, 0.2) is 5.13 Å². The zero-order valence-electron chi connectivity index (χ0n) is 11.1. The number of anilines is 1. The molecule has 1 aromatic heterocycles. The first-order valence-electron chi connectivity index (χ1n) is 6.67. The highest BCUT2D eigenvalue weighted by Gasteiger charge is 2.30. The van der Waals surface area contributed by atoms with Crippen molar-refractivity contribution < 1.29 is 0 Å². The predicted octanol–water partition coefficient (Wildman–Crippen LogP) is 3.10. The minimum atomic E-state index is 0.559. The molecule has 0 aliphatic heterocycles. The first kappa shape index (κ1) is 12.8. The Morgan fingerprint density at radius 2 is 2.18 bits per heavy atom. The summed E-state index contributed by atoms with van der Waals surface area (Å²) in [6.07, 6.45) is 3.75. The van der Waals surface area contributed by atoms with Gasteiger partial charge in [0.2, 0.25) is 0 Å². The van der Waals surface area contributed by atoms with Gasteiger partial charge in [0.25, 0.3) is 0 Å². The van der Waals surface area contributed by atoms with E-state index < -0.39 is 0 Å². The highest BCUT2D eigenvalue weighted by atomic mass is 32.1. The van der Waals surface area contributed by atoms with Crippen LogP contribution in [0.3, 0.4) is 0 Å². The number of rotatable bonds is 6. The molecule has 17 heavy (non-hydrogen) atoms. The maximum Gasteiger partial charge on any atom is 0.186 e. The van der Waals surface area contributed by atoms with Gasteiger partial charge in [0, 0.05) is 29.9 Å². The zero-order valence-corrected chi connectivity index (χ0v) is 11.9. The molecule has 1 heterocycles. The van der Waals surface area contributed by atoms with Crippen molar-refractivity contribution in [3.05, 3.63) is 10.6 Å². The van der Waals surface area contributed by atoms with Gasteiger partial charge < -0.3 is 10.6 Å². The van der Waals surface area contributed by atoms with E-state index >= 15 is 0 Å². The number of thiazole rings is 1. The van der Waals surface area contributed by atoms with Crippen LogP contribution in [0.5, 0.6) is 0 Å². The molecule has 1 fully saturated rings. The van der Waals surface area contributed by atoms with E-state index in [0.29, 0.717) is 18.5 Å². The van der Waals surface area contributed by atoms with Crippen LogP contribution in [0.15, 0.2) is 0 Å². The van der Waals surface area contributed by atoms with Crippen molar-refractivity contribution in [2.45, 2.75) is 58.5 Å². The van der Waals surface area contributed by atoms with E-state index in [-0.39, 0.29) is 0 Å². The molecular weight excluding hydrogens is 230 g/mol. The second-order valence-corrected chi connectivity index (χ2v) is 5.89. The third kappa shape index (κ3) is 2.63. The lowest BCUT2D eigenvalue weighted by Gasteiger charge is -2.26. The van der Waals surface area contributed by atoms with Crippen LogP contribution in [0.1, 0.15) is 56.5 Å². The van der Waals surface area contributed by atoms with Gasteiger partial charge in [-0.2, -0.15) is 0 Å². The van der Waals surface area contributed by atoms with Crippen molar-refractivity contribution in [2.75, 3.05) is 11.4 Å². The summed E-state index contributed by atoms with van der Waals surface area (Å²) in [5.74, 6) is 0.703. The summed E-state index contributed by atoms with van der Waals surface area (Å²) >= 11 is 1.79. The molecule has 1 atom stereocenters. The van der Waals surface area contributed by atoms with Crippen molar-refractivity contribution in [3.8, 4) is 0 Å². The fourth-order valence-electron chi connectivity index (χ4n) is 2.15. The summed E-state index contributed by atoms with van der Waals surface area (Å²) in [5.41, 5.74) is 7.12. The smallest absolute Gasteiger partial charge is 0.186 e. The highest BCUT2D eigenvalue weighted by molar-refractivity contribution is 7.15. The lowest BCUT2D eigenvalue weighted by Crippen LogP contribution is -2.32. The quantitative estimate of drug-likeness (QED) is 0.847. The van der Waals surface area contributed by atoms with Gasteiger partial charge in [-0.1, -0.05) is 6.92 Å². The molecular formula is C13H23N3S. The molecule has 2 N–H and O–H groups in total. The molecule has 0 bridgehead atoms. The molecule has 1 aromatic rings. The van der Waals surface area contributed by atoms with Gasteiger partial charge in [0.1, 0.15) is 0 Å². The van der Waals surface area contributed by atoms with Gasteiger partial charge in [-0.25, -0.2) is 4.98 Å².